The van der Waals surface area contributed by atoms with Gasteiger partial charge in [-0.15, -0.1) is 10.2 Å². The molecule has 13 heteroatoms. The molecule has 3 rings (SSSR count). The third kappa shape index (κ3) is 8.53. The van der Waals surface area contributed by atoms with E-state index in [0.717, 1.165) is 37.2 Å². The van der Waals surface area contributed by atoms with Gasteiger partial charge in [-0.2, -0.15) is 13.2 Å². The van der Waals surface area contributed by atoms with E-state index >= 15 is 0 Å². The number of carbonyl (C=O) groups excluding carboxylic acids is 3. The molecule has 0 aliphatic heterocycles. The third-order valence-electron chi connectivity index (χ3n) is 6.68. The van der Waals surface area contributed by atoms with E-state index in [4.69, 9.17) is 4.42 Å². The summed E-state index contributed by atoms with van der Waals surface area (Å²) in [6, 6.07) is 2.87. The second-order valence-electron chi connectivity index (χ2n) is 10.7. The molecule has 1 heterocycles. The first kappa shape index (κ1) is 31.6. The summed E-state index contributed by atoms with van der Waals surface area (Å²) in [4.78, 5) is 42.1. The molecule has 0 radical (unpaired) electrons. The van der Waals surface area contributed by atoms with Crippen molar-refractivity contribution in [2.45, 2.75) is 75.4 Å². The monoisotopic (exact) mass is 583 g/mol. The Morgan fingerprint density at radius 2 is 1.73 bits per heavy atom. The zero-order chi connectivity index (χ0) is 29.5. The van der Waals surface area contributed by atoms with Crippen LogP contribution in [0.4, 0.5) is 13.2 Å². The number of benzene rings is 1. The van der Waals surface area contributed by atoms with E-state index in [1.165, 1.54) is 11.8 Å². The van der Waals surface area contributed by atoms with E-state index in [2.05, 4.69) is 20.8 Å². The van der Waals surface area contributed by atoms with E-state index in [1.54, 1.807) is 0 Å². The van der Waals surface area contributed by atoms with Gasteiger partial charge in [-0.3, -0.25) is 14.4 Å². The summed E-state index contributed by atoms with van der Waals surface area (Å²) in [7, 11) is 3.88. The first-order valence-corrected chi connectivity index (χ1v) is 14.3. The van der Waals surface area contributed by atoms with Crippen LogP contribution in [0.1, 0.15) is 79.0 Å². The average Bonchev–Trinajstić information content (AvgIpc) is 3.36. The fourth-order valence-electron chi connectivity index (χ4n) is 4.50. The summed E-state index contributed by atoms with van der Waals surface area (Å²) in [6.45, 7) is 4.60. The minimum atomic E-state index is -4.53. The molecule has 1 aromatic carbocycles. The normalized spacial score (nSPS) is 16.1. The highest BCUT2D eigenvalue weighted by Gasteiger charge is 2.43. The van der Waals surface area contributed by atoms with E-state index in [1.807, 2.05) is 32.8 Å². The molecular weight excluding hydrogens is 547 g/mol. The lowest BCUT2D eigenvalue weighted by Crippen LogP contribution is -2.62. The second-order valence-corrected chi connectivity index (χ2v) is 11.8. The number of carbonyl (C=O) groups is 3. The number of nitrogens with zero attached hydrogens (tertiary/aromatic N) is 3. The van der Waals surface area contributed by atoms with Crippen LogP contribution in [0.25, 0.3) is 0 Å². The highest BCUT2D eigenvalue weighted by Crippen LogP contribution is 2.31. The van der Waals surface area contributed by atoms with Gasteiger partial charge in [0.05, 0.1) is 11.6 Å². The predicted octanol–water partition coefficient (Wildman–Crippen LogP) is 4.59. The van der Waals surface area contributed by atoms with Crippen LogP contribution in [-0.4, -0.2) is 70.7 Å². The third-order valence-corrected chi connectivity index (χ3v) is 7.48. The van der Waals surface area contributed by atoms with E-state index < -0.39 is 40.9 Å². The maximum Gasteiger partial charge on any atom is 0.416 e. The van der Waals surface area contributed by atoms with Gasteiger partial charge in [0.15, 0.2) is 0 Å². The molecular formula is C27H36F3N5O4S. The zero-order valence-corrected chi connectivity index (χ0v) is 24.0. The van der Waals surface area contributed by atoms with Gasteiger partial charge in [0.1, 0.15) is 5.54 Å². The molecule has 220 valence electrons. The zero-order valence-electron chi connectivity index (χ0n) is 23.1. The molecule has 1 aliphatic carbocycles. The summed E-state index contributed by atoms with van der Waals surface area (Å²) in [6.07, 6.45) is -1.35. The number of nitrogens with one attached hydrogen (secondary N) is 2. The maximum absolute atomic E-state index is 13.7. The number of rotatable bonds is 12. The van der Waals surface area contributed by atoms with Gasteiger partial charge in [0, 0.05) is 17.9 Å². The number of Topliss-reactive ketones (excluding diaryl/α,β-unsaturated/α-hetero) is 1. The molecule has 2 aromatic rings. The van der Waals surface area contributed by atoms with Crippen LogP contribution < -0.4 is 10.6 Å². The Labute approximate surface area is 236 Å². The minimum absolute atomic E-state index is 0.00529. The number of aromatic nitrogens is 2. The first-order chi connectivity index (χ1) is 18.8. The number of hydrogen-bond acceptors (Lipinski definition) is 8. The van der Waals surface area contributed by atoms with Crippen molar-refractivity contribution in [2.75, 3.05) is 26.4 Å². The molecule has 0 bridgehead atoms. The molecule has 1 aromatic heterocycles. The van der Waals surface area contributed by atoms with Crippen molar-refractivity contribution in [1.82, 2.24) is 25.7 Å². The van der Waals surface area contributed by atoms with Crippen LogP contribution >= 0.6 is 11.8 Å². The van der Waals surface area contributed by atoms with Gasteiger partial charge in [-0.25, -0.2) is 0 Å². The van der Waals surface area contributed by atoms with Crippen molar-refractivity contribution >= 4 is 29.4 Å². The lowest BCUT2D eigenvalue weighted by molar-refractivity contribution is -0.137. The molecule has 1 atom stereocenters. The van der Waals surface area contributed by atoms with Gasteiger partial charge in [0.2, 0.25) is 11.7 Å². The lowest BCUT2D eigenvalue weighted by atomic mass is 9.80. The highest BCUT2D eigenvalue weighted by molar-refractivity contribution is 7.99. The van der Waals surface area contributed by atoms with Crippen molar-refractivity contribution in [1.29, 1.82) is 0 Å². The Morgan fingerprint density at radius 1 is 1.07 bits per heavy atom. The van der Waals surface area contributed by atoms with Gasteiger partial charge >= 0.3 is 6.18 Å². The fraction of sp³-hybridized carbons (Fsp3) is 0.593. The number of alkyl halides is 3. The number of thioether (sulfide) groups is 1. The smallest absolute Gasteiger partial charge is 0.408 e. The lowest BCUT2D eigenvalue weighted by Gasteiger charge is -2.37. The summed E-state index contributed by atoms with van der Waals surface area (Å²) < 4.78 is 44.4. The van der Waals surface area contributed by atoms with E-state index in [-0.39, 0.29) is 22.6 Å². The topological polar surface area (TPSA) is 117 Å². The first-order valence-electron chi connectivity index (χ1n) is 13.3. The summed E-state index contributed by atoms with van der Waals surface area (Å²) in [5.74, 6) is -1.18. The standard InChI is InChI=1S/C27H36F3N5O4S/c1-17(2)16-20(21(36)23-33-34-25(39-23)40-15-14-35(3)4)31-24(38)26(12-6-5-7-13-26)32-22(37)18-8-10-19(11-9-18)27(28,29)30/h8-11,17,20H,5-7,12-16H2,1-4H3,(H,31,38)(H,32,37). The van der Waals surface area contributed by atoms with Crippen molar-refractivity contribution < 1.29 is 32.0 Å². The average molecular weight is 584 g/mol. The minimum Gasteiger partial charge on any atom is -0.408 e. The molecule has 0 saturated heterocycles. The van der Waals surface area contributed by atoms with Gasteiger partial charge < -0.3 is 20.0 Å². The Hall–Kier alpha value is -2.93. The summed E-state index contributed by atoms with van der Waals surface area (Å²) in [5.41, 5.74) is -2.18. The van der Waals surface area contributed by atoms with Crippen molar-refractivity contribution in [3.63, 3.8) is 0 Å². The highest BCUT2D eigenvalue weighted by atomic mass is 32.2. The molecule has 1 aliphatic rings. The molecule has 2 amide bonds. The van der Waals surface area contributed by atoms with Crippen LogP contribution in [0.5, 0.6) is 0 Å². The second kappa shape index (κ2) is 13.6. The number of halogens is 3. The molecule has 0 spiro atoms. The molecule has 1 saturated carbocycles. The predicted molar refractivity (Wildman–Crippen MR) is 144 cm³/mol. The van der Waals surface area contributed by atoms with E-state index in [0.29, 0.717) is 37.9 Å². The Kier molecular flexibility index (Phi) is 10.8. The molecule has 1 fully saturated rings. The molecule has 9 nitrogen and oxygen atoms in total. The maximum atomic E-state index is 13.7. The molecule has 40 heavy (non-hydrogen) atoms. The van der Waals surface area contributed by atoms with Gasteiger partial charge in [-0.1, -0.05) is 44.9 Å². The van der Waals surface area contributed by atoms with Crippen LogP contribution in [0, 0.1) is 5.92 Å². The number of hydrogen-bond donors (Lipinski definition) is 2. The van der Waals surface area contributed by atoms with Crippen LogP contribution in [0.3, 0.4) is 0 Å². The van der Waals surface area contributed by atoms with Crippen LogP contribution in [0.2, 0.25) is 0 Å². The SMILES string of the molecule is CC(C)CC(NC(=O)C1(NC(=O)c2ccc(C(F)(F)F)cc2)CCCCC1)C(=O)c1nnc(SCCN(C)C)o1. The molecule has 2 N–H and O–H groups in total. The Morgan fingerprint density at radius 3 is 2.30 bits per heavy atom. The van der Waals surface area contributed by atoms with E-state index in [9.17, 15) is 27.6 Å². The van der Waals surface area contributed by atoms with Crippen molar-refractivity contribution in [3.05, 3.63) is 41.3 Å². The molecule has 1 unspecified atom stereocenters. The number of ketones is 1. The van der Waals surface area contributed by atoms with Gasteiger partial charge in [0.25, 0.3) is 17.0 Å². The fourth-order valence-corrected chi connectivity index (χ4v) is 5.36. The Bertz CT molecular complexity index is 1160. The van der Waals surface area contributed by atoms with Crippen LogP contribution in [-0.2, 0) is 11.0 Å². The summed E-state index contributed by atoms with van der Waals surface area (Å²) >= 11 is 1.32. The largest absolute Gasteiger partial charge is 0.416 e. The quantitative estimate of drug-likeness (QED) is 0.275. The Balaban J connectivity index is 1.77. The van der Waals surface area contributed by atoms with Crippen molar-refractivity contribution in [3.8, 4) is 0 Å². The summed E-state index contributed by atoms with van der Waals surface area (Å²) in [5, 5.41) is 13.7. The van der Waals surface area contributed by atoms with Crippen LogP contribution in [0.15, 0.2) is 33.9 Å². The van der Waals surface area contributed by atoms with Crippen molar-refractivity contribution in [2.24, 2.45) is 5.92 Å². The van der Waals surface area contributed by atoms with Gasteiger partial charge in [-0.05, 0) is 63.5 Å². The number of amides is 2.